The van der Waals surface area contributed by atoms with Gasteiger partial charge in [0.1, 0.15) is 23.7 Å². The van der Waals surface area contributed by atoms with E-state index in [2.05, 4.69) is 20.8 Å². The zero-order valence-corrected chi connectivity index (χ0v) is 22.7. The first-order chi connectivity index (χ1) is 20.5. The van der Waals surface area contributed by atoms with Gasteiger partial charge in [-0.1, -0.05) is 78.9 Å². The number of benzene rings is 4. The van der Waals surface area contributed by atoms with E-state index >= 15 is 0 Å². The van der Waals surface area contributed by atoms with Crippen molar-refractivity contribution < 1.29 is 19.5 Å². The molecule has 9 nitrogen and oxygen atoms in total. The number of nitrogens with zero attached hydrogens (tertiary/aromatic N) is 3. The molecule has 2 amide bonds. The van der Waals surface area contributed by atoms with Crippen molar-refractivity contribution in [2.45, 2.75) is 37.8 Å². The van der Waals surface area contributed by atoms with Crippen molar-refractivity contribution in [1.29, 1.82) is 0 Å². The van der Waals surface area contributed by atoms with E-state index < -0.39 is 18.1 Å². The second-order valence-corrected chi connectivity index (χ2v) is 10.4. The third-order valence-corrected chi connectivity index (χ3v) is 7.60. The van der Waals surface area contributed by atoms with Gasteiger partial charge in [0.2, 0.25) is 5.91 Å². The van der Waals surface area contributed by atoms with E-state index in [1.165, 1.54) is 0 Å². The SMILES string of the molecule is O=C(Nc1ccc(C[C@H](NC(=O)C2CCc3nnc(Cc4ccccc4)n32)C(=O)O)cc1)c1cccc2ccccc12. The van der Waals surface area contributed by atoms with E-state index in [1.807, 2.05) is 71.3 Å². The predicted octanol–water partition coefficient (Wildman–Crippen LogP) is 4.57. The summed E-state index contributed by atoms with van der Waals surface area (Å²) in [5.41, 5.74) is 2.93. The van der Waals surface area contributed by atoms with E-state index in [0.29, 0.717) is 41.9 Å². The standard InChI is InChI=1S/C33H29N5O4/c39-31(26-12-6-10-23-9-4-5-11-25(23)26)34-24-15-13-22(14-16-24)19-27(33(41)42)35-32(40)28-17-18-29-36-37-30(38(28)29)20-21-7-2-1-3-8-21/h1-16,27-28H,17-20H2,(H,34,39)(H,35,40)(H,41,42)/t27-,28?/m0/s1. The van der Waals surface area contributed by atoms with E-state index in [9.17, 15) is 19.5 Å². The maximum atomic E-state index is 13.3. The Hall–Kier alpha value is -5.31. The maximum Gasteiger partial charge on any atom is 0.326 e. The molecular weight excluding hydrogens is 530 g/mol. The van der Waals surface area contributed by atoms with Crippen molar-refractivity contribution in [1.82, 2.24) is 20.1 Å². The Morgan fingerprint density at radius 1 is 0.857 bits per heavy atom. The number of nitrogens with one attached hydrogen (secondary N) is 2. The second-order valence-electron chi connectivity index (χ2n) is 10.4. The van der Waals surface area contributed by atoms with Crippen molar-refractivity contribution in [3.63, 3.8) is 0 Å². The number of amides is 2. The summed E-state index contributed by atoms with van der Waals surface area (Å²) in [5, 5.41) is 26.0. The molecule has 2 heterocycles. The molecule has 0 fully saturated rings. The molecule has 0 radical (unpaired) electrons. The molecule has 4 aromatic carbocycles. The monoisotopic (exact) mass is 559 g/mol. The molecule has 1 aromatic heterocycles. The van der Waals surface area contributed by atoms with Crippen LogP contribution >= 0.6 is 0 Å². The fraction of sp³-hybridized carbons (Fsp3) is 0.182. The summed E-state index contributed by atoms with van der Waals surface area (Å²) < 4.78 is 1.84. The van der Waals surface area contributed by atoms with Gasteiger partial charge >= 0.3 is 5.97 Å². The van der Waals surface area contributed by atoms with Crippen LogP contribution in [0.5, 0.6) is 0 Å². The number of aliphatic carboxylic acids is 1. The fourth-order valence-electron chi connectivity index (χ4n) is 5.48. The third-order valence-electron chi connectivity index (χ3n) is 7.60. The second kappa shape index (κ2) is 11.7. The molecule has 1 unspecified atom stereocenters. The molecule has 42 heavy (non-hydrogen) atoms. The number of fused-ring (bicyclic) bond motifs is 2. The van der Waals surface area contributed by atoms with Crippen molar-refractivity contribution >= 4 is 34.2 Å². The molecule has 2 atom stereocenters. The molecule has 1 aliphatic rings. The minimum absolute atomic E-state index is 0.0945. The quantitative estimate of drug-likeness (QED) is 0.243. The summed E-state index contributed by atoms with van der Waals surface area (Å²) in [4.78, 5) is 38.4. The number of aryl methyl sites for hydroxylation is 1. The molecular formula is C33H29N5O4. The molecule has 3 N–H and O–H groups in total. The largest absolute Gasteiger partial charge is 0.480 e. The van der Waals surface area contributed by atoms with Gasteiger partial charge in [0.15, 0.2) is 0 Å². The lowest BCUT2D eigenvalue weighted by molar-refractivity contribution is -0.142. The van der Waals surface area contributed by atoms with Crippen LogP contribution in [-0.4, -0.2) is 43.7 Å². The Labute approximate surface area is 242 Å². The van der Waals surface area contributed by atoms with Gasteiger partial charge < -0.3 is 20.3 Å². The van der Waals surface area contributed by atoms with Crippen LogP contribution < -0.4 is 10.6 Å². The van der Waals surface area contributed by atoms with Gasteiger partial charge in [0.25, 0.3) is 5.91 Å². The smallest absolute Gasteiger partial charge is 0.326 e. The van der Waals surface area contributed by atoms with E-state index in [-0.39, 0.29) is 18.2 Å². The number of hydrogen-bond donors (Lipinski definition) is 3. The van der Waals surface area contributed by atoms with Gasteiger partial charge in [-0.15, -0.1) is 10.2 Å². The number of carboxylic acids is 1. The lowest BCUT2D eigenvalue weighted by Crippen LogP contribution is -2.45. The zero-order valence-electron chi connectivity index (χ0n) is 22.7. The number of carbonyl (C=O) groups is 3. The predicted molar refractivity (Wildman–Crippen MR) is 158 cm³/mol. The Morgan fingerprint density at radius 2 is 1.60 bits per heavy atom. The summed E-state index contributed by atoms with van der Waals surface area (Å²) in [5.74, 6) is -0.305. The summed E-state index contributed by atoms with van der Waals surface area (Å²) in [6.07, 6.45) is 1.76. The number of rotatable bonds is 9. The summed E-state index contributed by atoms with van der Waals surface area (Å²) in [6.45, 7) is 0. The normalized spacial score (nSPS) is 14.7. The number of anilines is 1. The average molecular weight is 560 g/mol. The topological polar surface area (TPSA) is 126 Å². The Kier molecular flexibility index (Phi) is 7.47. The highest BCUT2D eigenvalue weighted by molar-refractivity contribution is 6.12. The Balaban J connectivity index is 1.11. The van der Waals surface area contributed by atoms with Crippen molar-refractivity contribution in [3.8, 4) is 0 Å². The Bertz CT molecular complexity index is 1760. The molecule has 210 valence electrons. The van der Waals surface area contributed by atoms with Crippen molar-refractivity contribution in [2.75, 3.05) is 5.32 Å². The highest BCUT2D eigenvalue weighted by Crippen LogP contribution is 2.28. The van der Waals surface area contributed by atoms with Gasteiger partial charge in [-0.2, -0.15) is 0 Å². The molecule has 5 aromatic rings. The van der Waals surface area contributed by atoms with Crippen LogP contribution in [-0.2, 0) is 28.9 Å². The van der Waals surface area contributed by atoms with E-state index in [4.69, 9.17) is 0 Å². The van der Waals surface area contributed by atoms with Crippen LogP contribution in [0.2, 0.25) is 0 Å². The summed E-state index contributed by atoms with van der Waals surface area (Å²) in [7, 11) is 0. The first kappa shape index (κ1) is 26.9. The summed E-state index contributed by atoms with van der Waals surface area (Å²) in [6, 6.07) is 28.4. The molecule has 6 rings (SSSR count). The molecule has 0 spiro atoms. The Morgan fingerprint density at radius 3 is 2.38 bits per heavy atom. The van der Waals surface area contributed by atoms with Crippen LogP contribution in [0.3, 0.4) is 0 Å². The molecule has 0 saturated heterocycles. The van der Waals surface area contributed by atoms with Gasteiger partial charge in [0, 0.05) is 30.5 Å². The van der Waals surface area contributed by atoms with Crippen LogP contribution in [0.1, 0.15) is 45.6 Å². The minimum atomic E-state index is -1.12. The van der Waals surface area contributed by atoms with Crippen LogP contribution in [0.15, 0.2) is 97.1 Å². The first-order valence-electron chi connectivity index (χ1n) is 13.8. The summed E-state index contributed by atoms with van der Waals surface area (Å²) >= 11 is 0. The van der Waals surface area contributed by atoms with Crippen molar-refractivity contribution in [2.24, 2.45) is 0 Å². The lowest BCUT2D eigenvalue weighted by atomic mass is 10.0. The molecule has 1 aliphatic heterocycles. The molecule has 0 aliphatic carbocycles. The molecule has 0 saturated carbocycles. The zero-order chi connectivity index (χ0) is 29.1. The van der Waals surface area contributed by atoms with Gasteiger partial charge in [-0.25, -0.2) is 4.79 Å². The number of carboxylic acid groups (broad SMARTS) is 1. The van der Waals surface area contributed by atoms with Gasteiger partial charge in [-0.05, 0) is 46.5 Å². The maximum absolute atomic E-state index is 13.3. The minimum Gasteiger partial charge on any atom is -0.480 e. The third kappa shape index (κ3) is 5.62. The molecule has 9 heteroatoms. The highest BCUT2D eigenvalue weighted by Gasteiger charge is 2.34. The van der Waals surface area contributed by atoms with Crippen molar-refractivity contribution in [3.05, 3.63) is 125 Å². The van der Waals surface area contributed by atoms with Crippen LogP contribution in [0.4, 0.5) is 5.69 Å². The number of hydrogen-bond acceptors (Lipinski definition) is 5. The van der Waals surface area contributed by atoms with Gasteiger partial charge in [-0.3, -0.25) is 9.59 Å². The lowest BCUT2D eigenvalue weighted by Gasteiger charge is -2.20. The average Bonchev–Trinajstić information content (AvgIpc) is 3.61. The highest BCUT2D eigenvalue weighted by atomic mass is 16.4. The van der Waals surface area contributed by atoms with Crippen LogP contribution in [0, 0.1) is 0 Å². The van der Waals surface area contributed by atoms with E-state index in [1.54, 1.807) is 30.3 Å². The van der Waals surface area contributed by atoms with Crippen LogP contribution in [0.25, 0.3) is 10.8 Å². The molecule has 0 bridgehead atoms. The first-order valence-corrected chi connectivity index (χ1v) is 13.8. The van der Waals surface area contributed by atoms with E-state index in [0.717, 1.165) is 22.2 Å². The number of aromatic nitrogens is 3. The fourth-order valence-corrected chi connectivity index (χ4v) is 5.48. The van der Waals surface area contributed by atoms with Gasteiger partial charge in [0.05, 0.1) is 0 Å². The number of carbonyl (C=O) groups excluding carboxylic acids is 2.